The second-order valence-electron chi connectivity index (χ2n) is 10.0. The monoisotopic (exact) mass is 598 g/mol. The molecule has 2 heterocycles. The van der Waals surface area contributed by atoms with Crippen molar-refractivity contribution in [1.82, 2.24) is 10.2 Å². The van der Waals surface area contributed by atoms with Crippen molar-refractivity contribution in [3.63, 3.8) is 0 Å². The third-order valence-electron chi connectivity index (χ3n) is 7.20. The predicted octanol–water partition coefficient (Wildman–Crippen LogP) is 5.13. The van der Waals surface area contributed by atoms with Crippen LogP contribution in [0.3, 0.4) is 0 Å². The van der Waals surface area contributed by atoms with E-state index in [0.29, 0.717) is 12.0 Å². The van der Waals surface area contributed by atoms with Crippen molar-refractivity contribution < 1.29 is 37.8 Å². The number of halogens is 3. The number of benzene rings is 3. The molecule has 218 valence electrons. The first-order valence-corrected chi connectivity index (χ1v) is 13.3. The molecule has 2 aliphatic rings. The van der Waals surface area contributed by atoms with Crippen molar-refractivity contribution in [1.29, 1.82) is 0 Å². The molecule has 10 nitrogen and oxygen atoms in total. The van der Waals surface area contributed by atoms with E-state index in [4.69, 9.17) is 21.4 Å². The first-order chi connectivity index (χ1) is 20.0. The number of fused-ring (bicyclic) bond motifs is 2. The van der Waals surface area contributed by atoms with Crippen molar-refractivity contribution in [2.24, 2.45) is 0 Å². The van der Waals surface area contributed by atoms with Gasteiger partial charge in [-0.25, -0.2) is 18.4 Å². The number of likely N-dealkylation sites (tertiary alicyclic amines) is 1. The number of nitrogens with one attached hydrogen (secondary N) is 3. The summed E-state index contributed by atoms with van der Waals surface area (Å²) in [6.45, 7) is 0.0588. The van der Waals surface area contributed by atoms with Gasteiger partial charge in [0.25, 0.3) is 5.91 Å². The van der Waals surface area contributed by atoms with Crippen LogP contribution in [0.4, 0.5) is 29.7 Å². The summed E-state index contributed by atoms with van der Waals surface area (Å²) in [6, 6.07) is 12.7. The molecule has 1 saturated heterocycles. The van der Waals surface area contributed by atoms with Crippen LogP contribution in [0.15, 0.2) is 60.7 Å². The Kier molecular flexibility index (Phi) is 7.99. The van der Waals surface area contributed by atoms with Crippen molar-refractivity contribution in [2.45, 2.75) is 30.9 Å². The van der Waals surface area contributed by atoms with Gasteiger partial charge in [0, 0.05) is 24.2 Å². The SMILES string of the molecule is O=C(O)Nc1ccc(C(=O)N[C@@H](Cc2ccc(F)cc2)C(=O)N2CCC[C@@]3(C2)OC(=O)Nc2ccc(Cl)c(F)c23)cc1. The lowest BCUT2D eigenvalue weighted by Crippen LogP contribution is -2.57. The first-order valence-electron chi connectivity index (χ1n) is 13.0. The summed E-state index contributed by atoms with van der Waals surface area (Å²) in [5.74, 6) is -2.36. The summed E-state index contributed by atoms with van der Waals surface area (Å²) >= 11 is 6.05. The Labute approximate surface area is 243 Å². The third-order valence-corrected chi connectivity index (χ3v) is 7.49. The van der Waals surface area contributed by atoms with Gasteiger partial charge in [-0.2, -0.15) is 0 Å². The average molecular weight is 599 g/mol. The van der Waals surface area contributed by atoms with Gasteiger partial charge in [0.2, 0.25) is 5.91 Å². The molecule has 0 saturated carbocycles. The van der Waals surface area contributed by atoms with Gasteiger partial charge in [-0.05, 0) is 66.9 Å². The van der Waals surface area contributed by atoms with Gasteiger partial charge in [0.15, 0.2) is 11.4 Å². The number of hydrogen-bond acceptors (Lipinski definition) is 5. The largest absolute Gasteiger partial charge is 0.465 e. The minimum atomic E-state index is -1.50. The molecule has 4 N–H and O–H groups in total. The fraction of sp³-hybridized carbons (Fsp3) is 0.241. The minimum absolute atomic E-state index is 0.00509. The van der Waals surface area contributed by atoms with E-state index < -0.39 is 47.3 Å². The lowest BCUT2D eigenvalue weighted by molar-refractivity contribution is -0.141. The Balaban J connectivity index is 1.42. The number of ether oxygens (including phenoxy) is 1. The molecule has 0 radical (unpaired) electrons. The topological polar surface area (TPSA) is 137 Å². The van der Waals surface area contributed by atoms with E-state index >= 15 is 4.39 Å². The number of anilines is 2. The predicted molar refractivity (Wildman–Crippen MR) is 148 cm³/mol. The molecule has 3 aromatic carbocycles. The first kappa shape index (κ1) is 28.8. The standard InChI is InChI=1S/C29H25ClF2N4O6/c30-20-10-11-21-23(24(20)32)29(42-28(41)35-21)12-1-13-36(15-29)26(38)22(14-16-2-6-18(31)7-3-16)34-25(37)17-4-8-19(9-5-17)33-27(39)40/h2-11,22,33H,1,12-15H2,(H,34,37)(H,35,41)(H,39,40)/t22-,29-/m0/s1. The molecule has 13 heteroatoms. The number of piperidine rings is 1. The molecule has 3 aromatic rings. The van der Waals surface area contributed by atoms with Crippen molar-refractivity contribution >= 4 is 47.0 Å². The van der Waals surface area contributed by atoms with Gasteiger partial charge in [0.05, 0.1) is 22.8 Å². The van der Waals surface area contributed by atoms with Crippen LogP contribution >= 0.6 is 11.6 Å². The van der Waals surface area contributed by atoms with Crippen LogP contribution in [0.25, 0.3) is 0 Å². The van der Waals surface area contributed by atoms with Gasteiger partial charge in [-0.15, -0.1) is 0 Å². The maximum atomic E-state index is 15.3. The Bertz CT molecular complexity index is 1550. The van der Waals surface area contributed by atoms with Gasteiger partial charge in [0.1, 0.15) is 11.9 Å². The lowest BCUT2D eigenvalue weighted by Gasteiger charge is -2.45. The molecule has 5 rings (SSSR count). The highest BCUT2D eigenvalue weighted by molar-refractivity contribution is 6.31. The summed E-state index contributed by atoms with van der Waals surface area (Å²) < 4.78 is 34.5. The van der Waals surface area contributed by atoms with E-state index in [9.17, 15) is 23.6 Å². The number of carbonyl (C=O) groups excluding carboxylic acids is 3. The van der Waals surface area contributed by atoms with Crippen LogP contribution in [-0.4, -0.2) is 53.1 Å². The van der Waals surface area contributed by atoms with Crippen LogP contribution in [-0.2, 0) is 21.6 Å². The molecule has 0 unspecified atom stereocenters. The Morgan fingerprint density at radius 3 is 2.48 bits per heavy atom. The average Bonchev–Trinajstić information content (AvgIpc) is 2.95. The number of hydrogen-bond donors (Lipinski definition) is 4. The van der Waals surface area contributed by atoms with Gasteiger partial charge >= 0.3 is 12.2 Å². The molecule has 4 amide bonds. The van der Waals surface area contributed by atoms with E-state index in [-0.39, 0.29) is 53.5 Å². The van der Waals surface area contributed by atoms with Crippen LogP contribution in [0.5, 0.6) is 0 Å². The fourth-order valence-corrected chi connectivity index (χ4v) is 5.47. The number of carboxylic acid groups (broad SMARTS) is 1. The lowest BCUT2D eigenvalue weighted by atomic mass is 9.82. The highest BCUT2D eigenvalue weighted by atomic mass is 35.5. The summed E-state index contributed by atoms with van der Waals surface area (Å²) in [7, 11) is 0. The zero-order valence-corrected chi connectivity index (χ0v) is 22.7. The second-order valence-corrected chi connectivity index (χ2v) is 10.4. The molecular weight excluding hydrogens is 574 g/mol. The number of carbonyl (C=O) groups is 4. The third kappa shape index (κ3) is 5.98. The maximum absolute atomic E-state index is 15.3. The molecule has 1 fully saturated rings. The smallest absolute Gasteiger partial charge is 0.412 e. The molecule has 2 aliphatic heterocycles. The molecule has 1 spiro atoms. The zero-order valence-electron chi connectivity index (χ0n) is 22.0. The molecule has 0 aliphatic carbocycles. The Morgan fingerprint density at radius 2 is 1.79 bits per heavy atom. The summed E-state index contributed by atoms with van der Waals surface area (Å²) in [4.78, 5) is 51.9. The minimum Gasteiger partial charge on any atom is -0.465 e. The maximum Gasteiger partial charge on any atom is 0.412 e. The molecule has 0 bridgehead atoms. The summed E-state index contributed by atoms with van der Waals surface area (Å²) in [6.07, 6.45) is -1.46. The highest BCUT2D eigenvalue weighted by Crippen LogP contribution is 2.45. The van der Waals surface area contributed by atoms with E-state index in [0.717, 1.165) is 0 Å². The van der Waals surface area contributed by atoms with Crippen LogP contribution in [0.1, 0.15) is 34.3 Å². The molecule has 0 aromatic heterocycles. The van der Waals surface area contributed by atoms with E-state index in [1.165, 1.54) is 65.6 Å². The zero-order chi connectivity index (χ0) is 30.0. The van der Waals surface area contributed by atoms with Gasteiger partial charge < -0.3 is 20.1 Å². The van der Waals surface area contributed by atoms with Crippen molar-refractivity contribution in [3.05, 3.63) is 94.0 Å². The fourth-order valence-electron chi connectivity index (χ4n) is 5.31. The number of amides is 4. The van der Waals surface area contributed by atoms with E-state index in [1.54, 1.807) is 0 Å². The molecule has 2 atom stereocenters. The highest BCUT2D eigenvalue weighted by Gasteiger charge is 2.49. The van der Waals surface area contributed by atoms with Crippen LogP contribution in [0, 0.1) is 11.6 Å². The van der Waals surface area contributed by atoms with Crippen molar-refractivity contribution in [2.75, 3.05) is 23.7 Å². The molecular formula is C29H25ClF2N4O6. The summed E-state index contributed by atoms with van der Waals surface area (Å²) in [5, 5.41) is 16.1. The normalized spacial score (nSPS) is 18.4. The van der Waals surface area contributed by atoms with E-state index in [2.05, 4.69) is 16.0 Å². The Hall–Kier alpha value is -4.71. The van der Waals surface area contributed by atoms with E-state index in [1.807, 2.05) is 0 Å². The quantitative estimate of drug-likeness (QED) is 0.310. The summed E-state index contributed by atoms with van der Waals surface area (Å²) in [5.41, 5.74) is -0.283. The second kappa shape index (κ2) is 11.6. The van der Waals surface area contributed by atoms with Crippen molar-refractivity contribution in [3.8, 4) is 0 Å². The van der Waals surface area contributed by atoms with Gasteiger partial charge in [-0.1, -0.05) is 23.7 Å². The number of rotatable bonds is 6. The van der Waals surface area contributed by atoms with Crippen LogP contribution < -0.4 is 16.0 Å². The van der Waals surface area contributed by atoms with Crippen LogP contribution in [0.2, 0.25) is 5.02 Å². The van der Waals surface area contributed by atoms with Gasteiger partial charge in [-0.3, -0.25) is 20.2 Å². The Morgan fingerprint density at radius 1 is 1.07 bits per heavy atom. The molecule has 42 heavy (non-hydrogen) atoms. The number of nitrogens with zero attached hydrogens (tertiary/aromatic N) is 1.